The topological polar surface area (TPSA) is 58.4 Å². The molecule has 3 aliphatic heterocycles. The summed E-state index contributed by atoms with van der Waals surface area (Å²) in [5, 5.41) is 3.92. The lowest BCUT2D eigenvalue weighted by atomic mass is 9.84. The Morgan fingerprint density at radius 1 is 1.25 bits per heavy atom. The van der Waals surface area contributed by atoms with Gasteiger partial charge in [-0.05, 0) is 74.7 Å². The zero-order chi connectivity index (χ0) is 19.3. The van der Waals surface area contributed by atoms with Gasteiger partial charge in [-0.15, -0.1) is 0 Å². The molecule has 0 spiro atoms. The molecule has 4 heterocycles. The van der Waals surface area contributed by atoms with E-state index in [2.05, 4.69) is 15.2 Å². The van der Waals surface area contributed by atoms with E-state index in [1.165, 1.54) is 12.8 Å². The second-order valence-electron chi connectivity index (χ2n) is 7.85. The van der Waals surface area contributed by atoms with Crippen LogP contribution < -0.4 is 5.32 Å². The fourth-order valence-electron chi connectivity index (χ4n) is 4.49. The number of oxazole rings is 1. The summed E-state index contributed by atoms with van der Waals surface area (Å²) in [6.45, 7) is 5.22. The second-order valence-corrected chi connectivity index (χ2v) is 8.29. The summed E-state index contributed by atoms with van der Waals surface area (Å²) in [7, 11) is 0. The van der Waals surface area contributed by atoms with Crippen LogP contribution in [0.5, 0.6) is 0 Å². The summed E-state index contributed by atoms with van der Waals surface area (Å²) in [5.41, 5.74) is 3.65. The van der Waals surface area contributed by atoms with E-state index in [0.717, 1.165) is 30.8 Å². The summed E-state index contributed by atoms with van der Waals surface area (Å²) < 4.78 is 5.96. The number of nitrogens with one attached hydrogen (secondary N) is 1. The summed E-state index contributed by atoms with van der Waals surface area (Å²) in [5.74, 6) is 1.02. The van der Waals surface area contributed by atoms with Gasteiger partial charge < -0.3 is 14.6 Å². The van der Waals surface area contributed by atoms with Crippen molar-refractivity contribution in [2.75, 3.05) is 19.6 Å². The first-order chi connectivity index (χ1) is 13.6. The number of benzene rings is 2. The van der Waals surface area contributed by atoms with Crippen molar-refractivity contribution in [1.29, 1.82) is 0 Å². The summed E-state index contributed by atoms with van der Waals surface area (Å²) in [6, 6.07) is 11.3. The molecule has 6 heteroatoms. The monoisotopic (exact) mass is 395 g/mol. The van der Waals surface area contributed by atoms with Crippen LogP contribution in [0.2, 0.25) is 5.02 Å². The number of aromatic nitrogens is 1. The van der Waals surface area contributed by atoms with Gasteiger partial charge in [0.05, 0.1) is 5.56 Å². The Kier molecular flexibility index (Phi) is 4.37. The van der Waals surface area contributed by atoms with Crippen LogP contribution in [0.4, 0.5) is 0 Å². The van der Waals surface area contributed by atoms with Gasteiger partial charge in [-0.3, -0.25) is 4.79 Å². The van der Waals surface area contributed by atoms with E-state index in [1.54, 1.807) is 0 Å². The van der Waals surface area contributed by atoms with Crippen molar-refractivity contribution in [3.05, 3.63) is 52.5 Å². The fraction of sp³-hybridized carbons (Fsp3) is 0.364. The minimum atomic E-state index is -0.0722. The lowest BCUT2D eigenvalue weighted by Gasteiger charge is -2.44. The van der Waals surface area contributed by atoms with Gasteiger partial charge in [-0.25, -0.2) is 4.98 Å². The number of carbonyl (C=O) groups is 1. The molecule has 3 saturated heterocycles. The molecule has 2 aromatic carbocycles. The fourth-order valence-corrected chi connectivity index (χ4v) is 4.72. The SMILES string of the molecule is Cc1cc(Cl)ccc1-c1nc2c(C(=O)N[C@@H]3CN4CCC3CC4)cccc2o1. The average molecular weight is 396 g/mol. The standard InChI is InChI=1S/C22H22ClN3O2/c1-13-11-15(23)5-6-16(13)22-25-20-17(3-2-4-19(20)28-22)21(27)24-18-12-26-9-7-14(18)8-10-26/h2-6,11,14,18H,7-10,12H2,1H3,(H,24,27)/t18-/m1/s1. The predicted molar refractivity (Wildman–Crippen MR) is 110 cm³/mol. The molecule has 1 N–H and O–H groups in total. The quantitative estimate of drug-likeness (QED) is 0.719. The highest BCUT2D eigenvalue weighted by atomic mass is 35.5. The smallest absolute Gasteiger partial charge is 0.253 e. The van der Waals surface area contributed by atoms with Crippen LogP contribution in [0.1, 0.15) is 28.8 Å². The Hall–Kier alpha value is -2.37. The first kappa shape index (κ1) is 17.7. The number of hydrogen-bond donors (Lipinski definition) is 1. The molecule has 3 fully saturated rings. The van der Waals surface area contributed by atoms with Crippen LogP contribution in [0.3, 0.4) is 0 Å². The number of halogens is 1. The Labute approximate surface area is 168 Å². The molecule has 1 aromatic heterocycles. The molecule has 0 unspecified atom stereocenters. The van der Waals surface area contributed by atoms with Gasteiger partial charge in [-0.2, -0.15) is 0 Å². The highest BCUT2D eigenvalue weighted by Crippen LogP contribution is 2.31. The summed E-state index contributed by atoms with van der Waals surface area (Å²) >= 11 is 6.06. The molecule has 5 nitrogen and oxygen atoms in total. The molecule has 6 rings (SSSR count). The van der Waals surface area contributed by atoms with Gasteiger partial charge in [0.25, 0.3) is 5.91 Å². The number of piperidine rings is 3. The molecule has 1 amide bonds. The van der Waals surface area contributed by atoms with Crippen LogP contribution >= 0.6 is 11.6 Å². The normalized spacial score (nSPS) is 23.9. The van der Waals surface area contributed by atoms with Gasteiger partial charge in [0, 0.05) is 23.2 Å². The number of amides is 1. The second kappa shape index (κ2) is 6.90. The molecule has 0 saturated carbocycles. The van der Waals surface area contributed by atoms with E-state index < -0.39 is 0 Å². The highest BCUT2D eigenvalue weighted by molar-refractivity contribution is 6.30. The van der Waals surface area contributed by atoms with Crippen molar-refractivity contribution >= 4 is 28.6 Å². The maximum Gasteiger partial charge on any atom is 0.253 e. The first-order valence-electron chi connectivity index (χ1n) is 9.78. The van der Waals surface area contributed by atoms with E-state index in [1.807, 2.05) is 43.3 Å². The highest BCUT2D eigenvalue weighted by Gasteiger charge is 2.35. The Morgan fingerprint density at radius 3 is 2.79 bits per heavy atom. The average Bonchev–Trinajstić information content (AvgIpc) is 3.12. The molecular weight excluding hydrogens is 374 g/mol. The first-order valence-corrected chi connectivity index (χ1v) is 10.2. The molecule has 28 heavy (non-hydrogen) atoms. The lowest BCUT2D eigenvalue weighted by molar-refractivity contribution is 0.0621. The van der Waals surface area contributed by atoms with E-state index in [9.17, 15) is 4.79 Å². The van der Waals surface area contributed by atoms with Crippen molar-refractivity contribution in [2.24, 2.45) is 5.92 Å². The minimum absolute atomic E-state index is 0.0722. The number of rotatable bonds is 3. The van der Waals surface area contributed by atoms with Crippen molar-refractivity contribution in [2.45, 2.75) is 25.8 Å². The van der Waals surface area contributed by atoms with Gasteiger partial charge in [0.2, 0.25) is 5.89 Å². The van der Waals surface area contributed by atoms with Crippen LogP contribution in [-0.4, -0.2) is 41.5 Å². The van der Waals surface area contributed by atoms with Gasteiger partial charge >= 0.3 is 0 Å². The molecule has 3 aliphatic rings. The number of hydrogen-bond acceptors (Lipinski definition) is 4. The third kappa shape index (κ3) is 3.09. The third-order valence-corrected chi connectivity index (χ3v) is 6.29. The van der Waals surface area contributed by atoms with Gasteiger partial charge in [0.1, 0.15) is 5.52 Å². The van der Waals surface area contributed by atoms with Crippen LogP contribution in [0.15, 0.2) is 40.8 Å². The molecule has 0 radical (unpaired) electrons. The Balaban J connectivity index is 1.46. The molecule has 2 bridgehead atoms. The van der Waals surface area contributed by atoms with E-state index in [0.29, 0.717) is 33.5 Å². The maximum absolute atomic E-state index is 13.0. The Morgan fingerprint density at radius 2 is 2.07 bits per heavy atom. The number of carbonyl (C=O) groups excluding carboxylic acids is 1. The van der Waals surface area contributed by atoms with Crippen molar-refractivity contribution in [3.8, 4) is 11.5 Å². The van der Waals surface area contributed by atoms with E-state index in [4.69, 9.17) is 16.0 Å². The number of nitrogens with zero attached hydrogens (tertiary/aromatic N) is 2. The molecular formula is C22H22ClN3O2. The molecule has 3 aromatic rings. The van der Waals surface area contributed by atoms with Gasteiger partial charge in [0.15, 0.2) is 5.58 Å². The van der Waals surface area contributed by atoms with Crippen molar-refractivity contribution < 1.29 is 9.21 Å². The molecule has 1 atom stereocenters. The zero-order valence-corrected chi connectivity index (χ0v) is 16.5. The minimum Gasteiger partial charge on any atom is -0.436 e. The number of para-hydroxylation sites is 1. The van der Waals surface area contributed by atoms with Crippen LogP contribution in [-0.2, 0) is 0 Å². The number of aryl methyl sites for hydroxylation is 1. The number of fused-ring (bicyclic) bond motifs is 4. The van der Waals surface area contributed by atoms with Crippen molar-refractivity contribution in [3.63, 3.8) is 0 Å². The summed E-state index contributed by atoms with van der Waals surface area (Å²) in [6.07, 6.45) is 2.33. The van der Waals surface area contributed by atoms with Crippen LogP contribution in [0.25, 0.3) is 22.6 Å². The zero-order valence-electron chi connectivity index (χ0n) is 15.7. The summed E-state index contributed by atoms with van der Waals surface area (Å²) in [4.78, 5) is 20.1. The van der Waals surface area contributed by atoms with Gasteiger partial charge in [-0.1, -0.05) is 17.7 Å². The van der Waals surface area contributed by atoms with Crippen molar-refractivity contribution in [1.82, 2.24) is 15.2 Å². The van der Waals surface area contributed by atoms with E-state index in [-0.39, 0.29) is 11.9 Å². The lowest BCUT2D eigenvalue weighted by Crippen LogP contribution is -2.57. The Bertz CT molecular complexity index is 1050. The molecule has 144 valence electrons. The molecule has 0 aliphatic carbocycles. The van der Waals surface area contributed by atoms with Crippen LogP contribution in [0, 0.1) is 12.8 Å². The largest absolute Gasteiger partial charge is 0.436 e. The maximum atomic E-state index is 13.0. The van der Waals surface area contributed by atoms with E-state index >= 15 is 0 Å². The third-order valence-electron chi connectivity index (χ3n) is 6.06. The predicted octanol–water partition coefficient (Wildman–Crippen LogP) is 4.28.